The molecule has 0 aromatic heterocycles. The van der Waals surface area contributed by atoms with E-state index in [0.29, 0.717) is 5.41 Å². The third kappa shape index (κ3) is 3.27. The molecule has 1 aliphatic carbocycles. The van der Waals surface area contributed by atoms with Crippen LogP contribution in [-0.2, 0) is 0 Å². The molecule has 0 saturated heterocycles. The van der Waals surface area contributed by atoms with E-state index in [1.807, 2.05) is 0 Å². The van der Waals surface area contributed by atoms with Crippen molar-refractivity contribution in [3.63, 3.8) is 0 Å². The molecule has 1 aliphatic rings. The van der Waals surface area contributed by atoms with Crippen LogP contribution in [0.15, 0.2) is 0 Å². The van der Waals surface area contributed by atoms with E-state index >= 15 is 0 Å². The fourth-order valence-corrected chi connectivity index (χ4v) is 2.69. The van der Waals surface area contributed by atoms with E-state index in [-0.39, 0.29) is 0 Å². The Morgan fingerprint density at radius 2 is 1.71 bits per heavy atom. The molecule has 1 nitrogen and oxygen atoms in total. The smallest absolute Gasteiger partial charge is 0.00467 e. The van der Waals surface area contributed by atoms with E-state index in [1.54, 1.807) is 0 Å². The summed E-state index contributed by atoms with van der Waals surface area (Å²) in [5.74, 6) is 1.94. The zero-order valence-electron chi connectivity index (χ0n) is 10.4. The van der Waals surface area contributed by atoms with E-state index < -0.39 is 0 Å². The predicted octanol–water partition coefficient (Wildman–Crippen LogP) is 3.45. The van der Waals surface area contributed by atoms with Crippen LogP contribution in [0.1, 0.15) is 52.9 Å². The molecule has 0 spiro atoms. The van der Waals surface area contributed by atoms with Gasteiger partial charge in [0.1, 0.15) is 0 Å². The van der Waals surface area contributed by atoms with Gasteiger partial charge < -0.3 is 5.32 Å². The van der Waals surface area contributed by atoms with Gasteiger partial charge in [-0.2, -0.15) is 0 Å². The Balaban J connectivity index is 2.38. The largest absolute Gasteiger partial charge is 0.320 e. The minimum atomic E-state index is 0.545. The van der Waals surface area contributed by atoms with Gasteiger partial charge in [-0.25, -0.2) is 0 Å². The number of rotatable bonds is 4. The highest BCUT2D eigenvalue weighted by Gasteiger charge is 2.31. The van der Waals surface area contributed by atoms with Crippen molar-refractivity contribution in [1.29, 1.82) is 0 Å². The lowest BCUT2D eigenvalue weighted by atomic mass is 9.67. The van der Waals surface area contributed by atoms with Crippen LogP contribution < -0.4 is 5.32 Å². The van der Waals surface area contributed by atoms with E-state index in [4.69, 9.17) is 0 Å². The highest BCUT2D eigenvalue weighted by Crippen LogP contribution is 2.41. The first kappa shape index (κ1) is 12.0. The number of hydrogen-bond donors (Lipinski definition) is 1. The highest BCUT2D eigenvalue weighted by atomic mass is 14.8. The maximum atomic E-state index is 3.27. The summed E-state index contributed by atoms with van der Waals surface area (Å²) in [6, 6.07) is 0. The van der Waals surface area contributed by atoms with Crippen molar-refractivity contribution < 1.29 is 0 Å². The van der Waals surface area contributed by atoms with Crippen molar-refractivity contribution in [2.45, 2.75) is 52.9 Å². The molecule has 0 aliphatic heterocycles. The van der Waals surface area contributed by atoms with Gasteiger partial charge >= 0.3 is 0 Å². The lowest BCUT2D eigenvalue weighted by molar-refractivity contribution is 0.128. The Hall–Kier alpha value is -0.0400. The summed E-state index contributed by atoms with van der Waals surface area (Å²) in [7, 11) is 2.05. The van der Waals surface area contributed by atoms with Gasteiger partial charge in [0.15, 0.2) is 0 Å². The monoisotopic (exact) mass is 197 g/mol. The van der Waals surface area contributed by atoms with E-state index in [9.17, 15) is 0 Å². The molecule has 0 aromatic carbocycles. The van der Waals surface area contributed by atoms with Gasteiger partial charge in [-0.05, 0) is 50.1 Å². The minimum Gasteiger partial charge on any atom is -0.320 e. The molecule has 0 heterocycles. The zero-order valence-corrected chi connectivity index (χ0v) is 10.4. The van der Waals surface area contributed by atoms with Crippen LogP contribution >= 0.6 is 0 Å². The van der Waals surface area contributed by atoms with Crippen LogP contribution in [-0.4, -0.2) is 13.6 Å². The van der Waals surface area contributed by atoms with Crippen LogP contribution in [0, 0.1) is 17.3 Å². The van der Waals surface area contributed by atoms with Crippen molar-refractivity contribution in [3.8, 4) is 0 Å². The van der Waals surface area contributed by atoms with Crippen LogP contribution in [0.3, 0.4) is 0 Å². The summed E-state index contributed by atoms with van der Waals surface area (Å²) < 4.78 is 0. The fourth-order valence-electron chi connectivity index (χ4n) is 2.69. The highest BCUT2D eigenvalue weighted by molar-refractivity contribution is 4.82. The van der Waals surface area contributed by atoms with Gasteiger partial charge in [-0.3, -0.25) is 0 Å². The number of nitrogens with one attached hydrogen (secondary N) is 1. The van der Waals surface area contributed by atoms with Crippen LogP contribution in [0.2, 0.25) is 0 Å². The van der Waals surface area contributed by atoms with Crippen molar-refractivity contribution in [1.82, 2.24) is 5.32 Å². The van der Waals surface area contributed by atoms with Gasteiger partial charge in [0.05, 0.1) is 0 Å². The zero-order chi connectivity index (χ0) is 10.6. The summed E-state index contributed by atoms with van der Waals surface area (Å²) in [4.78, 5) is 0. The first-order valence-electron chi connectivity index (χ1n) is 6.21. The van der Waals surface area contributed by atoms with Gasteiger partial charge in [0.25, 0.3) is 0 Å². The summed E-state index contributed by atoms with van der Waals surface area (Å²) in [6.07, 6.45) is 7.14. The Kier molecular flexibility index (Phi) is 4.43. The summed E-state index contributed by atoms with van der Waals surface area (Å²) >= 11 is 0. The molecule has 0 radical (unpaired) electrons. The van der Waals surface area contributed by atoms with Gasteiger partial charge in [-0.15, -0.1) is 0 Å². The van der Waals surface area contributed by atoms with E-state index in [2.05, 4.69) is 33.1 Å². The Morgan fingerprint density at radius 3 is 2.21 bits per heavy atom. The molecule has 14 heavy (non-hydrogen) atoms. The van der Waals surface area contributed by atoms with Gasteiger partial charge in [-0.1, -0.05) is 33.6 Å². The van der Waals surface area contributed by atoms with Crippen molar-refractivity contribution in [3.05, 3.63) is 0 Å². The predicted molar refractivity (Wildman–Crippen MR) is 63.4 cm³/mol. The summed E-state index contributed by atoms with van der Waals surface area (Å²) in [5.41, 5.74) is 0.545. The quantitative estimate of drug-likeness (QED) is 0.728. The molecule has 0 atom stereocenters. The second-order valence-electron chi connectivity index (χ2n) is 5.80. The summed E-state index contributed by atoms with van der Waals surface area (Å²) in [6.45, 7) is 8.46. The van der Waals surface area contributed by atoms with E-state index in [0.717, 1.165) is 11.8 Å². The fraction of sp³-hybridized carbons (Fsp3) is 1.00. The molecule has 1 fully saturated rings. The average molecular weight is 197 g/mol. The molecule has 0 aromatic rings. The first-order chi connectivity index (χ1) is 6.56. The topological polar surface area (TPSA) is 12.0 Å². The molecule has 0 amide bonds. The first-order valence-corrected chi connectivity index (χ1v) is 6.21. The van der Waals surface area contributed by atoms with E-state index in [1.165, 1.54) is 38.6 Å². The van der Waals surface area contributed by atoms with Gasteiger partial charge in [0, 0.05) is 0 Å². The molecule has 1 N–H and O–H groups in total. The average Bonchev–Trinajstić information content (AvgIpc) is 2.16. The molecule has 1 heteroatoms. The molecule has 84 valence electrons. The van der Waals surface area contributed by atoms with Crippen LogP contribution in [0.25, 0.3) is 0 Å². The second kappa shape index (κ2) is 5.16. The van der Waals surface area contributed by atoms with Gasteiger partial charge in [0.2, 0.25) is 0 Å². The van der Waals surface area contributed by atoms with Crippen molar-refractivity contribution in [2.75, 3.05) is 13.6 Å². The lowest BCUT2D eigenvalue weighted by Crippen LogP contribution is -2.30. The molecule has 0 bridgehead atoms. The Morgan fingerprint density at radius 1 is 1.14 bits per heavy atom. The Labute approximate surface area is 89.7 Å². The summed E-state index contributed by atoms with van der Waals surface area (Å²) in [5, 5.41) is 3.27. The molecule has 1 saturated carbocycles. The standard InChI is InChI=1S/C13H27N/c1-11-5-7-12(8-6-11)13(2,3)9-10-14-4/h11-12,14H,5-10H2,1-4H3. The Bertz CT molecular complexity index is 155. The maximum absolute atomic E-state index is 3.27. The SMILES string of the molecule is CNCCC(C)(C)C1CCC(C)CC1. The molecule has 1 rings (SSSR count). The molecule has 0 unspecified atom stereocenters. The third-order valence-corrected chi connectivity index (χ3v) is 4.14. The van der Waals surface area contributed by atoms with Crippen LogP contribution in [0.4, 0.5) is 0 Å². The molecular formula is C13H27N. The number of hydrogen-bond acceptors (Lipinski definition) is 1. The van der Waals surface area contributed by atoms with Crippen molar-refractivity contribution in [2.24, 2.45) is 17.3 Å². The lowest BCUT2D eigenvalue weighted by Gasteiger charge is -2.38. The maximum Gasteiger partial charge on any atom is -0.00467 e. The third-order valence-electron chi connectivity index (χ3n) is 4.14. The second-order valence-corrected chi connectivity index (χ2v) is 5.80. The minimum absolute atomic E-state index is 0.545. The normalized spacial score (nSPS) is 29.1. The van der Waals surface area contributed by atoms with Crippen molar-refractivity contribution >= 4 is 0 Å². The molecular weight excluding hydrogens is 170 g/mol. The van der Waals surface area contributed by atoms with Crippen LogP contribution in [0.5, 0.6) is 0 Å².